The molecule has 0 saturated heterocycles. The summed E-state index contributed by atoms with van der Waals surface area (Å²) in [6, 6.07) is 1.52. The number of anilines is 1. The third kappa shape index (κ3) is 2.99. The summed E-state index contributed by atoms with van der Waals surface area (Å²) in [6.07, 6.45) is 1.47. The second-order valence-electron chi connectivity index (χ2n) is 3.53. The molecule has 8 nitrogen and oxygen atoms in total. The Kier molecular flexibility index (Phi) is 3.95. The van der Waals surface area contributed by atoms with E-state index < -0.39 is 5.97 Å². The number of carbonyl (C=O) groups is 1. The van der Waals surface area contributed by atoms with Crippen LogP contribution in [0.25, 0.3) is 0 Å². The number of nitrogen functional groups attached to an aromatic ring is 1. The van der Waals surface area contributed by atoms with Gasteiger partial charge in [-0.3, -0.25) is 0 Å². The summed E-state index contributed by atoms with van der Waals surface area (Å²) in [5.41, 5.74) is 6.33. The molecule has 2 aromatic heterocycles. The quantitative estimate of drug-likeness (QED) is 0.807. The molecule has 0 unspecified atom stereocenters. The van der Waals surface area contributed by atoms with Crippen molar-refractivity contribution in [2.24, 2.45) is 7.05 Å². The van der Waals surface area contributed by atoms with Crippen LogP contribution in [-0.4, -0.2) is 37.8 Å². The van der Waals surface area contributed by atoms with Gasteiger partial charge in [-0.1, -0.05) is 0 Å². The van der Waals surface area contributed by atoms with Crippen LogP contribution in [0, 0.1) is 0 Å². The van der Waals surface area contributed by atoms with Gasteiger partial charge in [0.15, 0.2) is 0 Å². The fraction of sp³-hybridized carbons (Fsp3) is 0.300. The van der Waals surface area contributed by atoms with Crippen molar-refractivity contribution in [3.8, 4) is 0 Å². The number of ether oxygens (including phenoxy) is 1. The molecule has 0 aliphatic heterocycles. The van der Waals surface area contributed by atoms with Crippen molar-refractivity contribution in [3.63, 3.8) is 0 Å². The molecule has 0 amide bonds. The number of tetrazole rings is 1. The lowest BCUT2D eigenvalue weighted by Crippen LogP contribution is -2.08. The summed E-state index contributed by atoms with van der Waals surface area (Å²) in [7, 11) is 1.70. The summed E-state index contributed by atoms with van der Waals surface area (Å²) >= 11 is 1.17. The smallest absolute Gasteiger partial charge is 0.340 e. The van der Waals surface area contributed by atoms with Gasteiger partial charge in [-0.2, -0.15) is 0 Å². The van der Waals surface area contributed by atoms with Crippen molar-refractivity contribution >= 4 is 23.4 Å². The third-order valence-electron chi connectivity index (χ3n) is 2.14. The van der Waals surface area contributed by atoms with Crippen LogP contribution in [0.15, 0.2) is 22.4 Å². The SMILES string of the molecule is CCOC(=O)c1cc(N)cnc1Sc1nnnn1C. The van der Waals surface area contributed by atoms with E-state index in [1.54, 1.807) is 14.0 Å². The number of pyridine rings is 1. The molecule has 0 aliphatic rings. The topological polar surface area (TPSA) is 109 Å². The molecule has 19 heavy (non-hydrogen) atoms. The average molecular weight is 280 g/mol. The van der Waals surface area contributed by atoms with Gasteiger partial charge in [-0.25, -0.2) is 14.5 Å². The first-order valence-electron chi connectivity index (χ1n) is 5.44. The first kappa shape index (κ1) is 13.3. The highest BCUT2D eigenvalue weighted by molar-refractivity contribution is 7.99. The van der Waals surface area contributed by atoms with Gasteiger partial charge in [0.2, 0.25) is 5.16 Å². The standard InChI is InChI=1S/C10H12N6O2S/c1-3-18-9(17)7-4-6(11)5-12-8(7)19-10-13-14-15-16(10)2/h4-5H,3,11H2,1-2H3. The minimum Gasteiger partial charge on any atom is -0.462 e. The van der Waals surface area contributed by atoms with Crippen LogP contribution in [0.3, 0.4) is 0 Å². The van der Waals surface area contributed by atoms with Crippen molar-refractivity contribution in [2.75, 3.05) is 12.3 Å². The average Bonchev–Trinajstić information content (AvgIpc) is 2.77. The number of hydrogen-bond donors (Lipinski definition) is 1. The maximum Gasteiger partial charge on any atom is 0.340 e. The van der Waals surface area contributed by atoms with Gasteiger partial charge in [-0.05, 0) is 35.2 Å². The fourth-order valence-electron chi connectivity index (χ4n) is 1.30. The number of esters is 1. The molecule has 0 fully saturated rings. The highest BCUT2D eigenvalue weighted by atomic mass is 32.2. The molecular weight excluding hydrogens is 268 g/mol. The van der Waals surface area contributed by atoms with Gasteiger partial charge in [0.1, 0.15) is 5.03 Å². The number of carbonyl (C=O) groups excluding carboxylic acids is 1. The number of rotatable bonds is 4. The van der Waals surface area contributed by atoms with Gasteiger partial charge < -0.3 is 10.5 Å². The molecule has 2 aromatic rings. The molecule has 0 bridgehead atoms. The highest BCUT2D eigenvalue weighted by Crippen LogP contribution is 2.27. The fourth-order valence-corrected chi connectivity index (χ4v) is 2.08. The first-order valence-corrected chi connectivity index (χ1v) is 6.26. The Hall–Kier alpha value is -2.16. The van der Waals surface area contributed by atoms with Crippen LogP contribution in [0.1, 0.15) is 17.3 Å². The monoisotopic (exact) mass is 280 g/mol. The van der Waals surface area contributed by atoms with Crippen molar-refractivity contribution in [1.82, 2.24) is 25.2 Å². The van der Waals surface area contributed by atoms with E-state index in [1.807, 2.05) is 0 Å². The van der Waals surface area contributed by atoms with Crippen molar-refractivity contribution in [3.05, 3.63) is 17.8 Å². The normalized spacial score (nSPS) is 10.4. The van der Waals surface area contributed by atoms with E-state index in [1.165, 1.54) is 28.7 Å². The predicted molar refractivity (Wildman–Crippen MR) is 67.5 cm³/mol. The molecule has 9 heteroatoms. The van der Waals surface area contributed by atoms with Crippen molar-refractivity contribution in [1.29, 1.82) is 0 Å². The van der Waals surface area contributed by atoms with Crippen molar-refractivity contribution < 1.29 is 9.53 Å². The van der Waals surface area contributed by atoms with E-state index in [0.29, 0.717) is 21.4 Å². The Bertz CT molecular complexity index is 599. The van der Waals surface area contributed by atoms with Crippen LogP contribution >= 0.6 is 11.8 Å². The summed E-state index contributed by atoms with van der Waals surface area (Å²) in [6.45, 7) is 2.01. The molecule has 0 saturated carbocycles. The van der Waals surface area contributed by atoms with E-state index in [-0.39, 0.29) is 6.61 Å². The molecule has 0 aliphatic carbocycles. The Morgan fingerprint density at radius 1 is 1.58 bits per heavy atom. The molecule has 2 rings (SSSR count). The molecule has 100 valence electrons. The van der Waals surface area contributed by atoms with E-state index in [9.17, 15) is 4.79 Å². The predicted octanol–water partition coefficient (Wildman–Crippen LogP) is 0.515. The lowest BCUT2D eigenvalue weighted by molar-refractivity contribution is 0.0521. The maximum atomic E-state index is 11.8. The van der Waals surface area contributed by atoms with Gasteiger partial charge in [0, 0.05) is 7.05 Å². The Balaban J connectivity index is 2.34. The zero-order valence-corrected chi connectivity index (χ0v) is 11.2. The van der Waals surface area contributed by atoms with Crippen molar-refractivity contribution in [2.45, 2.75) is 17.1 Å². The minimum atomic E-state index is -0.472. The van der Waals surface area contributed by atoms with Gasteiger partial charge >= 0.3 is 5.97 Å². The number of aryl methyl sites for hydroxylation is 1. The second kappa shape index (κ2) is 5.65. The molecule has 0 aromatic carbocycles. The second-order valence-corrected chi connectivity index (χ2v) is 4.48. The molecular formula is C10H12N6O2S. The van der Waals surface area contributed by atoms with Crippen LogP contribution in [0.5, 0.6) is 0 Å². The zero-order chi connectivity index (χ0) is 13.8. The first-order chi connectivity index (χ1) is 9.11. The molecule has 2 heterocycles. The van der Waals surface area contributed by atoms with E-state index >= 15 is 0 Å². The number of hydrogen-bond acceptors (Lipinski definition) is 8. The highest BCUT2D eigenvalue weighted by Gasteiger charge is 2.17. The Morgan fingerprint density at radius 2 is 2.37 bits per heavy atom. The van der Waals surface area contributed by atoms with E-state index in [4.69, 9.17) is 10.5 Å². The number of nitrogens with two attached hydrogens (primary N) is 1. The summed E-state index contributed by atoms with van der Waals surface area (Å²) < 4.78 is 6.45. The van der Waals surface area contributed by atoms with Crippen LogP contribution < -0.4 is 5.73 Å². The third-order valence-corrected chi connectivity index (χ3v) is 3.18. The summed E-state index contributed by atoms with van der Waals surface area (Å²) in [5.74, 6) is -0.472. The van der Waals surface area contributed by atoms with E-state index in [0.717, 1.165) is 0 Å². The number of aromatic nitrogens is 5. The Labute approximate surface area is 113 Å². The van der Waals surface area contributed by atoms with Gasteiger partial charge in [0.05, 0.1) is 24.1 Å². The molecule has 2 N–H and O–H groups in total. The Morgan fingerprint density at radius 3 is 3.00 bits per heavy atom. The number of nitrogens with zero attached hydrogens (tertiary/aromatic N) is 5. The van der Waals surface area contributed by atoms with Crippen LogP contribution in [0.2, 0.25) is 0 Å². The minimum absolute atomic E-state index is 0.281. The molecule has 0 spiro atoms. The zero-order valence-electron chi connectivity index (χ0n) is 10.4. The maximum absolute atomic E-state index is 11.8. The summed E-state index contributed by atoms with van der Waals surface area (Å²) in [5, 5.41) is 12.0. The van der Waals surface area contributed by atoms with Gasteiger partial charge in [0.25, 0.3) is 0 Å². The molecule has 0 radical (unpaired) electrons. The lowest BCUT2D eigenvalue weighted by Gasteiger charge is -2.07. The summed E-state index contributed by atoms with van der Waals surface area (Å²) in [4.78, 5) is 16.0. The molecule has 0 atom stereocenters. The van der Waals surface area contributed by atoms with Crippen LogP contribution in [0.4, 0.5) is 5.69 Å². The van der Waals surface area contributed by atoms with Gasteiger partial charge in [-0.15, -0.1) is 5.10 Å². The van der Waals surface area contributed by atoms with E-state index in [2.05, 4.69) is 20.5 Å². The largest absolute Gasteiger partial charge is 0.462 e. The van der Waals surface area contributed by atoms with Crippen LogP contribution in [-0.2, 0) is 11.8 Å². The lowest BCUT2D eigenvalue weighted by atomic mass is 10.3.